The number of fused-ring (bicyclic) bond motifs is 5. The molecule has 4 rings (SSSR count). The van der Waals surface area contributed by atoms with Crippen LogP contribution in [0.15, 0.2) is 47.3 Å². The third-order valence-electron chi connectivity index (χ3n) is 4.26. The van der Waals surface area contributed by atoms with Crippen LogP contribution in [0.1, 0.15) is 15.9 Å². The van der Waals surface area contributed by atoms with E-state index in [-0.39, 0.29) is 11.3 Å². The molecule has 2 aromatic carbocycles. The molecule has 0 atom stereocenters. The van der Waals surface area contributed by atoms with Gasteiger partial charge in [0.25, 0.3) is 5.56 Å². The molecule has 0 saturated heterocycles. The molecule has 1 aliphatic carbocycles. The maximum absolute atomic E-state index is 12.8. The van der Waals surface area contributed by atoms with Gasteiger partial charge in [-0.2, -0.15) is 0 Å². The fourth-order valence-corrected chi connectivity index (χ4v) is 3.19. The van der Waals surface area contributed by atoms with E-state index in [4.69, 9.17) is 4.74 Å². The van der Waals surface area contributed by atoms with E-state index in [0.29, 0.717) is 33.3 Å². The zero-order valence-corrected chi connectivity index (χ0v) is 12.2. The number of carbonyl (C=O) groups excluding carboxylic acids is 1. The predicted molar refractivity (Wildman–Crippen MR) is 84.6 cm³/mol. The molecule has 0 unspecified atom stereocenters. The highest BCUT2D eigenvalue weighted by molar-refractivity contribution is 6.26. The van der Waals surface area contributed by atoms with E-state index in [0.717, 1.165) is 5.56 Å². The average molecular weight is 291 g/mol. The molecule has 1 heterocycles. The molecule has 22 heavy (non-hydrogen) atoms. The fraction of sp³-hybridized carbons (Fsp3) is 0.111. The van der Waals surface area contributed by atoms with Gasteiger partial charge in [0.15, 0.2) is 5.78 Å². The number of methoxy groups -OCH3 is 1. The summed E-state index contributed by atoms with van der Waals surface area (Å²) >= 11 is 0. The largest absolute Gasteiger partial charge is 0.497 e. The molecule has 4 nitrogen and oxygen atoms in total. The van der Waals surface area contributed by atoms with E-state index >= 15 is 0 Å². The van der Waals surface area contributed by atoms with E-state index in [2.05, 4.69) is 0 Å². The Labute approximate surface area is 126 Å². The first-order valence-corrected chi connectivity index (χ1v) is 6.98. The number of nitrogens with zero attached hydrogens (tertiary/aromatic N) is 1. The van der Waals surface area contributed by atoms with Crippen molar-refractivity contribution in [2.75, 3.05) is 7.11 Å². The summed E-state index contributed by atoms with van der Waals surface area (Å²) in [5, 5.41) is 1.28. The normalized spacial score (nSPS) is 12.4. The van der Waals surface area contributed by atoms with Crippen LogP contribution in [0.4, 0.5) is 0 Å². The third-order valence-corrected chi connectivity index (χ3v) is 4.26. The Morgan fingerprint density at radius 2 is 1.68 bits per heavy atom. The lowest BCUT2D eigenvalue weighted by atomic mass is 10.0. The number of carbonyl (C=O) groups is 1. The first-order valence-electron chi connectivity index (χ1n) is 6.98. The highest BCUT2D eigenvalue weighted by atomic mass is 16.5. The number of benzene rings is 2. The van der Waals surface area contributed by atoms with Crippen LogP contribution in [0.2, 0.25) is 0 Å². The molecule has 0 N–H and O–H groups in total. The SMILES string of the molecule is COc1ccc2c(c1)-c1c(c3ccccc3c(=O)n1C)C2=O. The van der Waals surface area contributed by atoms with Gasteiger partial charge in [0.1, 0.15) is 5.75 Å². The molecular formula is C18H13NO3. The number of aromatic nitrogens is 1. The van der Waals surface area contributed by atoms with Crippen molar-refractivity contribution in [1.82, 2.24) is 4.57 Å². The molecule has 1 aromatic heterocycles. The average Bonchev–Trinajstić information content (AvgIpc) is 2.85. The summed E-state index contributed by atoms with van der Waals surface area (Å²) in [6.07, 6.45) is 0. The minimum Gasteiger partial charge on any atom is -0.497 e. The number of rotatable bonds is 1. The number of pyridine rings is 1. The Kier molecular flexibility index (Phi) is 2.51. The molecule has 4 heteroatoms. The van der Waals surface area contributed by atoms with Crippen LogP contribution in [-0.2, 0) is 7.05 Å². The second-order valence-electron chi connectivity index (χ2n) is 5.37. The minimum absolute atomic E-state index is 0.0422. The molecule has 0 amide bonds. The van der Waals surface area contributed by atoms with Gasteiger partial charge in [0.2, 0.25) is 0 Å². The van der Waals surface area contributed by atoms with Crippen molar-refractivity contribution < 1.29 is 9.53 Å². The van der Waals surface area contributed by atoms with E-state index in [1.165, 1.54) is 0 Å². The van der Waals surface area contributed by atoms with E-state index < -0.39 is 0 Å². The van der Waals surface area contributed by atoms with E-state index in [9.17, 15) is 9.59 Å². The standard InChI is InChI=1S/C18H13NO3/c1-19-16-14-9-10(22-2)7-8-12(14)17(20)15(16)11-5-3-4-6-13(11)18(19)21/h3-9H,1-2H3. The van der Waals surface area contributed by atoms with E-state index in [1.807, 2.05) is 24.3 Å². The molecule has 0 bridgehead atoms. The molecule has 0 spiro atoms. The maximum Gasteiger partial charge on any atom is 0.258 e. The van der Waals surface area contributed by atoms with Crippen LogP contribution in [-0.4, -0.2) is 17.5 Å². The summed E-state index contributed by atoms with van der Waals surface area (Å²) in [5.41, 5.74) is 2.54. The third kappa shape index (κ3) is 1.46. The number of hydrogen-bond acceptors (Lipinski definition) is 3. The first kappa shape index (κ1) is 12.8. The lowest BCUT2D eigenvalue weighted by Gasteiger charge is -2.10. The summed E-state index contributed by atoms with van der Waals surface area (Å²) in [7, 11) is 3.29. The highest BCUT2D eigenvalue weighted by Crippen LogP contribution is 2.40. The molecular weight excluding hydrogens is 278 g/mol. The maximum atomic E-state index is 12.8. The van der Waals surface area contributed by atoms with Gasteiger partial charge < -0.3 is 9.30 Å². The Morgan fingerprint density at radius 1 is 0.955 bits per heavy atom. The molecule has 0 fully saturated rings. The Hall–Kier alpha value is -2.88. The van der Waals surface area contributed by atoms with Gasteiger partial charge in [0, 0.05) is 28.9 Å². The van der Waals surface area contributed by atoms with Crippen LogP contribution in [0.25, 0.3) is 22.0 Å². The van der Waals surface area contributed by atoms with Crippen LogP contribution in [0.5, 0.6) is 5.75 Å². The van der Waals surface area contributed by atoms with Crippen LogP contribution in [0.3, 0.4) is 0 Å². The zero-order chi connectivity index (χ0) is 15.4. The van der Waals surface area contributed by atoms with Crippen molar-refractivity contribution in [3.8, 4) is 17.0 Å². The summed E-state index contributed by atoms with van der Waals surface area (Å²) < 4.78 is 6.81. The summed E-state index contributed by atoms with van der Waals surface area (Å²) in [4.78, 5) is 25.4. The lowest BCUT2D eigenvalue weighted by Crippen LogP contribution is -2.19. The molecule has 0 aliphatic heterocycles. The minimum atomic E-state index is -0.0992. The second-order valence-corrected chi connectivity index (χ2v) is 5.37. The van der Waals surface area contributed by atoms with Gasteiger partial charge in [-0.1, -0.05) is 18.2 Å². The summed E-state index contributed by atoms with van der Waals surface area (Å²) in [5.74, 6) is 0.625. The predicted octanol–water partition coefficient (Wildman–Crippen LogP) is 2.76. The quantitative estimate of drug-likeness (QED) is 0.542. The Bertz CT molecular complexity index is 1010. The van der Waals surface area contributed by atoms with Gasteiger partial charge in [-0.3, -0.25) is 9.59 Å². The van der Waals surface area contributed by atoms with Crippen LogP contribution >= 0.6 is 0 Å². The van der Waals surface area contributed by atoms with Crippen molar-refractivity contribution >= 4 is 16.6 Å². The highest BCUT2D eigenvalue weighted by Gasteiger charge is 2.31. The molecule has 0 radical (unpaired) electrons. The Morgan fingerprint density at radius 3 is 2.41 bits per heavy atom. The van der Waals surface area contributed by atoms with Crippen molar-refractivity contribution in [2.45, 2.75) is 0 Å². The van der Waals surface area contributed by atoms with Gasteiger partial charge in [-0.05, 0) is 24.3 Å². The fourth-order valence-electron chi connectivity index (χ4n) is 3.19. The van der Waals surface area contributed by atoms with E-state index in [1.54, 1.807) is 36.9 Å². The lowest BCUT2D eigenvalue weighted by molar-refractivity contribution is 0.104. The number of ether oxygens (including phenoxy) is 1. The second kappa shape index (κ2) is 4.31. The van der Waals surface area contributed by atoms with Gasteiger partial charge in [-0.15, -0.1) is 0 Å². The van der Waals surface area contributed by atoms with Crippen molar-refractivity contribution in [3.63, 3.8) is 0 Å². The number of ketones is 1. The number of hydrogen-bond donors (Lipinski definition) is 0. The van der Waals surface area contributed by atoms with Gasteiger partial charge >= 0.3 is 0 Å². The summed E-state index contributed by atoms with van der Waals surface area (Å²) in [6.45, 7) is 0. The summed E-state index contributed by atoms with van der Waals surface area (Å²) in [6, 6.07) is 12.6. The van der Waals surface area contributed by atoms with Crippen molar-refractivity contribution in [3.05, 3.63) is 63.9 Å². The molecule has 1 aliphatic rings. The van der Waals surface area contributed by atoms with Crippen LogP contribution in [0, 0.1) is 0 Å². The topological polar surface area (TPSA) is 48.3 Å². The van der Waals surface area contributed by atoms with Crippen molar-refractivity contribution in [2.24, 2.45) is 7.05 Å². The monoisotopic (exact) mass is 291 g/mol. The van der Waals surface area contributed by atoms with Crippen molar-refractivity contribution in [1.29, 1.82) is 0 Å². The zero-order valence-electron chi connectivity index (χ0n) is 12.2. The molecule has 3 aromatic rings. The molecule has 108 valence electrons. The molecule has 0 saturated carbocycles. The van der Waals surface area contributed by atoms with Gasteiger partial charge in [0.05, 0.1) is 18.4 Å². The smallest absolute Gasteiger partial charge is 0.258 e. The first-order chi connectivity index (χ1) is 10.6. The van der Waals surface area contributed by atoms with Crippen LogP contribution < -0.4 is 10.3 Å². The van der Waals surface area contributed by atoms with Gasteiger partial charge in [-0.25, -0.2) is 0 Å². The Balaban J connectivity index is 2.22.